The molecular formula is C25H35N5O5Si. The lowest BCUT2D eigenvalue weighted by molar-refractivity contribution is -0.133. The average Bonchev–Trinajstić information content (AvgIpc) is 3.17. The van der Waals surface area contributed by atoms with E-state index in [0.29, 0.717) is 23.4 Å². The maximum atomic E-state index is 13.2. The zero-order valence-electron chi connectivity index (χ0n) is 21.9. The van der Waals surface area contributed by atoms with Crippen molar-refractivity contribution in [3.63, 3.8) is 0 Å². The van der Waals surface area contributed by atoms with E-state index in [0.717, 1.165) is 10.9 Å². The Kier molecular flexibility index (Phi) is 8.42. The van der Waals surface area contributed by atoms with Gasteiger partial charge in [-0.15, -0.1) is 0 Å². The first-order valence-corrected chi connectivity index (χ1v) is 15.7. The van der Waals surface area contributed by atoms with Crippen LogP contribution >= 0.6 is 0 Å². The summed E-state index contributed by atoms with van der Waals surface area (Å²) in [5.41, 5.74) is 1.40. The van der Waals surface area contributed by atoms with Gasteiger partial charge in [-0.1, -0.05) is 31.5 Å². The molecule has 1 aliphatic heterocycles. The smallest absolute Gasteiger partial charge is 0.408 e. The third-order valence-corrected chi connectivity index (χ3v) is 6.98. The number of pyridine rings is 1. The molecule has 4 amide bonds. The van der Waals surface area contributed by atoms with Crippen LogP contribution in [0.15, 0.2) is 24.5 Å². The number of imide groups is 1. The molecule has 3 rings (SSSR count). The van der Waals surface area contributed by atoms with Crippen LogP contribution in [0.1, 0.15) is 32.8 Å². The van der Waals surface area contributed by atoms with E-state index in [4.69, 9.17) is 9.47 Å². The lowest BCUT2D eigenvalue weighted by atomic mass is 10.2. The van der Waals surface area contributed by atoms with Crippen LogP contribution in [0.4, 0.5) is 15.3 Å². The van der Waals surface area contributed by atoms with Gasteiger partial charge in [0.15, 0.2) is 0 Å². The first kappa shape index (κ1) is 27.2. The molecule has 0 unspecified atom stereocenters. The van der Waals surface area contributed by atoms with Crippen LogP contribution in [0.5, 0.6) is 0 Å². The van der Waals surface area contributed by atoms with Gasteiger partial charge in [0, 0.05) is 39.4 Å². The number of carbonyl (C=O) groups excluding carboxylic acids is 3. The molecule has 1 saturated heterocycles. The van der Waals surface area contributed by atoms with Gasteiger partial charge < -0.3 is 14.8 Å². The molecule has 0 radical (unpaired) electrons. The van der Waals surface area contributed by atoms with E-state index in [1.54, 1.807) is 48.6 Å². The fourth-order valence-electron chi connectivity index (χ4n) is 3.41. The molecule has 0 atom stereocenters. The molecule has 0 aliphatic carbocycles. The monoisotopic (exact) mass is 513 g/mol. The van der Waals surface area contributed by atoms with Crippen LogP contribution in [0.3, 0.4) is 0 Å². The van der Waals surface area contributed by atoms with E-state index in [1.807, 2.05) is 6.07 Å². The summed E-state index contributed by atoms with van der Waals surface area (Å²) in [6, 6.07) is 4.15. The highest BCUT2D eigenvalue weighted by Crippen LogP contribution is 2.26. The Labute approximate surface area is 212 Å². The van der Waals surface area contributed by atoms with Crippen molar-refractivity contribution in [2.75, 3.05) is 31.3 Å². The minimum absolute atomic E-state index is 0.0563. The summed E-state index contributed by atoms with van der Waals surface area (Å²) in [5.74, 6) is 5.65. The number of carbonyl (C=O) groups is 3. The number of fused-ring (bicyclic) bond motifs is 1. The Balaban J connectivity index is 1.69. The molecule has 0 aromatic carbocycles. The van der Waals surface area contributed by atoms with Gasteiger partial charge in [0.1, 0.15) is 12.3 Å². The molecule has 11 heteroatoms. The zero-order chi connectivity index (χ0) is 26.5. The topological polar surface area (TPSA) is 105 Å². The van der Waals surface area contributed by atoms with Crippen LogP contribution in [0.2, 0.25) is 25.7 Å². The first-order chi connectivity index (χ1) is 16.8. The van der Waals surface area contributed by atoms with Crippen molar-refractivity contribution in [1.82, 2.24) is 19.8 Å². The van der Waals surface area contributed by atoms with Crippen molar-refractivity contribution >= 4 is 37.3 Å². The Bertz CT molecular complexity index is 1190. The van der Waals surface area contributed by atoms with E-state index in [9.17, 15) is 14.4 Å². The number of anilines is 1. The predicted molar refractivity (Wildman–Crippen MR) is 139 cm³/mol. The van der Waals surface area contributed by atoms with E-state index in [1.165, 1.54) is 0 Å². The average molecular weight is 514 g/mol. The molecule has 10 nitrogen and oxygen atoms in total. The Morgan fingerprint density at radius 1 is 1.25 bits per heavy atom. The number of aromatic nitrogens is 2. The Morgan fingerprint density at radius 2 is 2.00 bits per heavy atom. The summed E-state index contributed by atoms with van der Waals surface area (Å²) >= 11 is 0. The van der Waals surface area contributed by atoms with Crippen molar-refractivity contribution in [3.8, 4) is 11.8 Å². The van der Waals surface area contributed by atoms with Crippen LogP contribution in [0, 0.1) is 11.8 Å². The SMILES string of the molecule is CC(C)(C)OC(=O)NCC#Cc1ccn2ncc(N3CCC(=O)N(COCC[Si](C)(C)C)C3=O)c2c1. The molecule has 0 saturated carbocycles. The van der Waals surface area contributed by atoms with Crippen molar-refractivity contribution in [3.05, 3.63) is 30.1 Å². The number of hydrogen-bond acceptors (Lipinski definition) is 6. The summed E-state index contributed by atoms with van der Waals surface area (Å²) in [6.07, 6.45) is 3.03. The molecular weight excluding hydrogens is 478 g/mol. The minimum atomic E-state index is -1.27. The van der Waals surface area contributed by atoms with E-state index >= 15 is 0 Å². The summed E-state index contributed by atoms with van der Waals surface area (Å²) in [4.78, 5) is 40.1. The van der Waals surface area contributed by atoms with Crippen LogP contribution < -0.4 is 10.2 Å². The summed E-state index contributed by atoms with van der Waals surface area (Å²) in [7, 11) is -1.27. The van der Waals surface area contributed by atoms with Crippen molar-refractivity contribution < 1.29 is 23.9 Å². The number of hydrogen-bond donors (Lipinski definition) is 1. The van der Waals surface area contributed by atoms with Crippen LogP contribution in [-0.4, -0.2) is 72.6 Å². The lowest BCUT2D eigenvalue weighted by Gasteiger charge is -2.33. The largest absolute Gasteiger partial charge is 0.444 e. The molecule has 2 aromatic rings. The van der Waals surface area contributed by atoms with Gasteiger partial charge in [-0.2, -0.15) is 5.10 Å². The lowest BCUT2D eigenvalue weighted by Crippen LogP contribution is -2.53. The number of nitrogens with zero attached hydrogens (tertiary/aromatic N) is 4. The minimum Gasteiger partial charge on any atom is -0.444 e. The van der Waals surface area contributed by atoms with Gasteiger partial charge in [0.2, 0.25) is 5.91 Å². The number of urea groups is 1. The molecule has 0 bridgehead atoms. The number of ether oxygens (including phenoxy) is 2. The molecule has 1 aliphatic rings. The van der Waals surface area contributed by atoms with Gasteiger partial charge >= 0.3 is 12.1 Å². The van der Waals surface area contributed by atoms with Crippen LogP contribution in [0.25, 0.3) is 5.52 Å². The summed E-state index contributed by atoms with van der Waals surface area (Å²) < 4.78 is 12.5. The molecule has 1 N–H and O–H groups in total. The number of amides is 4. The van der Waals surface area contributed by atoms with Gasteiger partial charge in [-0.3, -0.25) is 9.69 Å². The fraction of sp³-hybridized carbons (Fsp3) is 0.520. The van der Waals surface area contributed by atoms with Gasteiger partial charge in [-0.25, -0.2) is 19.0 Å². The van der Waals surface area contributed by atoms with E-state index in [2.05, 4.69) is 41.9 Å². The molecule has 0 spiro atoms. The standard InChI is InChI=1S/C25H35N5O5Si/c1-25(2,3)35-23(32)26-11-7-8-19-9-13-30-20(16-19)21(17-27-30)28-12-10-22(31)29(24(28)33)18-34-14-15-36(4,5)6/h9,13,16-17H,10-12,14-15,18H2,1-6H3,(H,26,32). The first-order valence-electron chi connectivity index (χ1n) is 12.0. The van der Waals surface area contributed by atoms with E-state index in [-0.39, 0.29) is 32.1 Å². The predicted octanol–water partition coefficient (Wildman–Crippen LogP) is 3.68. The fourth-order valence-corrected chi connectivity index (χ4v) is 4.16. The normalized spacial score (nSPS) is 14.6. The molecule has 36 heavy (non-hydrogen) atoms. The Hall–Kier alpha value is -3.36. The second-order valence-corrected chi connectivity index (χ2v) is 16.4. The van der Waals surface area contributed by atoms with Gasteiger partial charge in [0.25, 0.3) is 0 Å². The van der Waals surface area contributed by atoms with E-state index < -0.39 is 25.8 Å². The van der Waals surface area contributed by atoms with Crippen molar-refractivity contribution in [2.24, 2.45) is 0 Å². The highest BCUT2D eigenvalue weighted by atomic mass is 28.3. The van der Waals surface area contributed by atoms with Crippen LogP contribution in [-0.2, 0) is 14.3 Å². The highest BCUT2D eigenvalue weighted by Gasteiger charge is 2.34. The maximum Gasteiger partial charge on any atom is 0.408 e. The molecule has 3 heterocycles. The maximum absolute atomic E-state index is 13.2. The summed E-state index contributed by atoms with van der Waals surface area (Å²) in [6.45, 7) is 13.0. The highest BCUT2D eigenvalue weighted by molar-refractivity contribution is 6.76. The zero-order valence-corrected chi connectivity index (χ0v) is 22.9. The van der Waals surface area contributed by atoms with Gasteiger partial charge in [0.05, 0.1) is 23.9 Å². The molecule has 1 fully saturated rings. The Morgan fingerprint density at radius 3 is 2.69 bits per heavy atom. The van der Waals surface area contributed by atoms with Gasteiger partial charge in [-0.05, 0) is 38.9 Å². The van der Waals surface area contributed by atoms with Crippen molar-refractivity contribution in [1.29, 1.82) is 0 Å². The third kappa shape index (κ3) is 7.57. The van der Waals surface area contributed by atoms with Crippen molar-refractivity contribution in [2.45, 2.75) is 58.5 Å². The molecule has 194 valence electrons. The quantitative estimate of drug-likeness (QED) is 0.344. The second kappa shape index (κ2) is 11.1. The number of nitrogens with one attached hydrogen (secondary N) is 1. The summed E-state index contributed by atoms with van der Waals surface area (Å²) in [5, 5.41) is 6.94. The third-order valence-electron chi connectivity index (χ3n) is 5.27. The second-order valence-electron chi connectivity index (χ2n) is 10.8. The molecule has 2 aromatic heterocycles. The number of alkyl carbamates (subject to hydrolysis) is 1. The number of rotatable bonds is 7.